The van der Waals surface area contributed by atoms with Crippen LogP contribution in [0.25, 0.3) is 0 Å². The lowest BCUT2D eigenvalue weighted by molar-refractivity contribution is -0.136. The first-order valence-electron chi connectivity index (χ1n) is 16.2. The molecular weight excluding hydrogens is 645 g/mol. The van der Waals surface area contributed by atoms with Crippen LogP contribution < -0.4 is 21.3 Å². The van der Waals surface area contributed by atoms with E-state index in [1.54, 1.807) is 21.6 Å². The molecule has 0 aromatic heterocycles. The molecule has 2 saturated heterocycles. The van der Waals surface area contributed by atoms with Crippen LogP contribution in [0.3, 0.4) is 0 Å². The topological polar surface area (TPSA) is 146 Å². The largest absolute Gasteiger partial charge is 0.481 e. The van der Waals surface area contributed by atoms with Crippen molar-refractivity contribution in [2.45, 2.75) is 107 Å². The van der Waals surface area contributed by atoms with Gasteiger partial charge in [0.15, 0.2) is 0 Å². The molecule has 4 amide bonds. The predicted molar refractivity (Wildman–Crippen MR) is 188 cm³/mol. The van der Waals surface area contributed by atoms with E-state index in [1.807, 2.05) is 36.0 Å². The zero-order chi connectivity index (χ0) is 33.7. The van der Waals surface area contributed by atoms with Crippen molar-refractivity contribution >= 4 is 57.2 Å². The fourth-order valence-corrected chi connectivity index (χ4v) is 9.23. The molecule has 0 radical (unpaired) electrons. The highest BCUT2D eigenvalue weighted by molar-refractivity contribution is 8.77. The van der Waals surface area contributed by atoms with Gasteiger partial charge in [-0.1, -0.05) is 80.8 Å². The number of aliphatic carboxylic acids is 1. The summed E-state index contributed by atoms with van der Waals surface area (Å²) in [5.41, 5.74) is 0.334. The number of hydrogen-bond donors (Lipinski definition) is 5. The summed E-state index contributed by atoms with van der Waals surface area (Å²) in [4.78, 5) is 48.6. The standard InChI is InChI=1S/C33H52N4O6S3/c1-22(45-46-25-11-7-6-10-23(25)16-29(40)41)14-15-28(39)35-19-33(4,5)21-43-20-32(2,3)18-34-27(38)13-9-8-12-26-30-24(17-44-26)36-31(42)37-30/h6-7,10-11,22,24,26,30H,8-9,12-21H2,1-5H3,(H,34,38)(H,35,39)(H,40,41)(H2,36,37,42). The Labute approximate surface area is 286 Å². The Morgan fingerprint density at radius 3 is 2.35 bits per heavy atom. The molecule has 2 aliphatic rings. The van der Waals surface area contributed by atoms with Crippen LogP contribution in [-0.2, 0) is 25.5 Å². The van der Waals surface area contributed by atoms with Crippen molar-refractivity contribution in [2.75, 3.05) is 32.1 Å². The number of benzene rings is 1. The van der Waals surface area contributed by atoms with Gasteiger partial charge in [-0.15, -0.1) is 0 Å². The Bertz CT molecular complexity index is 1180. The van der Waals surface area contributed by atoms with E-state index in [-0.39, 0.29) is 52.4 Å². The van der Waals surface area contributed by atoms with Crippen LogP contribution in [0.15, 0.2) is 29.2 Å². The summed E-state index contributed by atoms with van der Waals surface area (Å²) in [6, 6.07) is 7.90. The molecule has 4 atom stereocenters. The van der Waals surface area contributed by atoms with Crippen LogP contribution in [0, 0.1) is 10.8 Å². The fourth-order valence-electron chi connectivity index (χ4n) is 5.24. The zero-order valence-corrected chi connectivity index (χ0v) is 30.3. The Kier molecular flexibility index (Phi) is 15.4. The van der Waals surface area contributed by atoms with Crippen LogP contribution >= 0.6 is 33.3 Å². The molecule has 3 rings (SSSR count). The SMILES string of the molecule is CC(CCC(=O)NCC(C)(C)COCC(C)(C)CNC(=O)CCCCC1SCC2NC(=O)NC21)SSc1ccccc1CC(=O)O. The fraction of sp³-hybridized carbons (Fsp3) is 0.697. The Balaban J connectivity index is 1.23. The third kappa shape index (κ3) is 13.9. The van der Waals surface area contributed by atoms with Crippen LogP contribution in [0.5, 0.6) is 0 Å². The van der Waals surface area contributed by atoms with Crippen LogP contribution in [-0.4, -0.2) is 83.6 Å². The molecule has 5 N–H and O–H groups in total. The lowest BCUT2D eigenvalue weighted by Crippen LogP contribution is -2.40. The van der Waals surface area contributed by atoms with E-state index in [2.05, 4.69) is 55.9 Å². The first-order valence-corrected chi connectivity index (χ1v) is 19.4. The smallest absolute Gasteiger partial charge is 0.315 e. The van der Waals surface area contributed by atoms with Crippen molar-refractivity contribution in [3.05, 3.63) is 29.8 Å². The van der Waals surface area contributed by atoms with E-state index in [0.29, 0.717) is 44.4 Å². The molecule has 2 heterocycles. The van der Waals surface area contributed by atoms with Gasteiger partial charge >= 0.3 is 12.0 Å². The lowest BCUT2D eigenvalue weighted by Gasteiger charge is -2.29. The quantitative estimate of drug-likeness (QED) is 0.0661. The molecule has 1 aromatic carbocycles. The molecule has 0 spiro atoms. The highest BCUT2D eigenvalue weighted by Crippen LogP contribution is 2.38. The maximum atomic E-state index is 12.6. The van der Waals surface area contributed by atoms with Crippen molar-refractivity contribution in [2.24, 2.45) is 10.8 Å². The van der Waals surface area contributed by atoms with Gasteiger partial charge in [-0.2, -0.15) is 11.8 Å². The molecule has 46 heavy (non-hydrogen) atoms. The van der Waals surface area contributed by atoms with E-state index in [9.17, 15) is 19.2 Å². The molecular formula is C33H52N4O6S3. The summed E-state index contributed by atoms with van der Waals surface area (Å²) in [6.45, 7) is 12.4. The summed E-state index contributed by atoms with van der Waals surface area (Å²) < 4.78 is 6.05. The maximum absolute atomic E-state index is 12.6. The average molecular weight is 697 g/mol. The molecule has 1 aromatic rings. The van der Waals surface area contributed by atoms with Crippen LogP contribution in [0.4, 0.5) is 4.79 Å². The number of ether oxygens (including phenoxy) is 1. The van der Waals surface area contributed by atoms with Crippen LogP contribution in [0.1, 0.15) is 78.7 Å². The molecule has 258 valence electrons. The van der Waals surface area contributed by atoms with Gasteiger partial charge in [-0.3, -0.25) is 14.4 Å². The number of urea groups is 1. The Morgan fingerprint density at radius 1 is 1.02 bits per heavy atom. The molecule has 0 bridgehead atoms. The second-order valence-corrected chi connectivity index (χ2v) is 17.9. The monoisotopic (exact) mass is 696 g/mol. The van der Waals surface area contributed by atoms with Crippen molar-refractivity contribution in [1.29, 1.82) is 0 Å². The Hall–Kier alpha value is -2.09. The molecule has 0 aliphatic carbocycles. The minimum absolute atomic E-state index is 0.00181. The first kappa shape index (κ1) is 38.4. The third-order valence-electron chi connectivity index (χ3n) is 7.99. The van der Waals surface area contributed by atoms with Gasteiger partial charge in [0, 0.05) is 57.9 Å². The second kappa shape index (κ2) is 18.5. The molecule has 13 heteroatoms. The van der Waals surface area contributed by atoms with Gasteiger partial charge < -0.3 is 31.1 Å². The Morgan fingerprint density at radius 2 is 1.67 bits per heavy atom. The number of carbonyl (C=O) groups excluding carboxylic acids is 3. The van der Waals surface area contributed by atoms with Crippen molar-refractivity contribution in [1.82, 2.24) is 21.3 Å². The van der Waals surface area contributed by atoms with Crippen molar-refractivity contribution < 1.29 is 29.0 Å². The molecule has 10 nitrogen and oxygen atoms in total. The summed E-state index contributed by atoms with van der Waals surface area (Å²) in [5, 5.41) is 21.9. The summed E-state index contributed by atoms with van der Waals surface area (Å²) >= 11 is 1.90. The minimum atomic E-state index is -0.848. The van der Waals surface area contributed by atoms with Crippen molar-refractivity contribution in [3.8, 4) is 0 Å². The minimum Gasteiger partial charge on any atom is -0.481 e. The number of fused-ring (bicyclic) bond motifs is 1. The normalized spacial score (nSPS) is 20.0. The summed E-state index contributed by atoms with van der Waals surface area (Å²) in [6.07, 6.45) is 4.43. The number of thioether (sulfide) groups is 1. The van der Waals surface area contributed by atoms with E-state index in [4.69, 9.17) is 9.84 Å². The number of hydrogen-bond acceptors (Lipinski definition) is 8. The predicted octanol–water partition coefficient (Wildman–Crippen LogP) is 5.25. The third-order valence-corrected chi connectivity index (χ3v) is 12.5. The van der Waals surface area contributed by atoms with E-state index < -0.39 is 5.97 Å². The zero-order valence-electron chi connectivity index (χ0n) is 27.8. The number of carbonyl (C=O) groups is 4. The maximum Gasteiger partial charge on any atom is 0.315 e. The molecule has 2 aliphatic heterocycles. The lowest BCUT2D eigenvalue weighted by atomic mass is 9.93. The number of unbranched alkanes of at least 4 members (excludes halogenated alkanes) is 1. The van der Waals surface area contributed by atoms with E-state index in [1.165, 1.54) is 0 Å². The van der Waals surface area contributed by atoms with Crippen molar-refractivity contribution in [3.63, 3.8) is 0 Å². The second-order valence-electron chi connectivity index (χ2n) is 13.9. The number of carboxylic acid groups (broad SMARTS) is 1. The number of rotatable bonds is 21. The van der Waals surface area contributed by atoms with E-state index in [0.717, 1.165) is 41.9 Å². The number of nitrogens with one attached hydrogen (secondary N) is 4. The molecule has 2 fully saturated rings. The van der Waals surface area contributed by atoms with Gasteiger partial charge in [0.25, 0.3) is 0 Å². The molecule has 4 unspecified atom stereocenters. The van der Waals surface area contributed by atoms with Gasteiger partial charge in [0.1, 0.15) is 0 Å². The number of amides is 4. The van der Waals surface area contributed by atoms with Gasteiger partial charge in [-0.05, 0) is 30.9 Å². The summed E-state index contributed by atoms with van der Waals surface area (Å²) in [5.74, 6) is 0.165. The first-order chi connectivity index (χ1) is 21.7. The van der Waals surface area contributed by atoms with Gasteiger partial charge in [0.2, 0.25) is 11.8 Å². The average Bonchev–Trinajstić information content (AvgIpc) is 3.54. The highest BCUT2D eigenvalue weighted by Gasteiger charge is 2.42. The van der Waals surface area contributed by atoms with Gasteiger partial charge in [0.05, 0.1) is 31.7 Å². The van der Waals surface area contributed by atoms with E-state index >= 15 is 0 Å². The highest BCUT2D eigenvalue weighted by atomic mass is 33.1. The van der Waals surface area contributed by atoms with Gasteiger partial charge in [-0.25, -0.2) is 4.79 Å². The van der Waals surface area contributed by atoms with Crippen LogP contribution in [0.2, 0.25) is 0 Å². The molecule has 0 saturated carbocycles. The number of carboxylic acids is 1. The summed E-state index contributed by atoms with van der Waals surface area (Å²) in [7, 11) is 3.21.